The number of ether oxygens (including phenoxy) is 1. The lowest BCUT2D eigenvalue weighted by Crippen LogP contribution is -2.46. The first-order valence-corrected chi connectivity index (χ1v) is 8.47. The van der Waals surface area contributed by atoms with Gasteiger partial charge in [0.15, 0.2) is 0 Å². The topological polar surface area (TPSA) is 29.5 Å². The van der Waals surface area contributed by atoms with Crippen molar-refractivity contribution in [2.24, 2.45) is 11.8 Å². The van der Waals surface area contributed by atoms with E-state index in [1.807, 2.05) is 6.07 Å². The molecule has 0 aromatic heterocycles. The quantitative estimate of drug-likeness (QED) is 0.826. The van der Waals surface area contributed by atoms with Gasteiger partial charge in [0, 0.05) is 11.5 Å². The average molecular weight is 288 g/mol. The van der Waals surface area contributed by atoms with Gasteiger partial charge in [-0.15, -0.1) is 0 Å². The van der Waals surface area contributed by atoms with Gasteiger partial charge in [-0.1, -0.05) is 26.7 Å². The lowest BCUT2D eigenvalue weighted by Gasteiger charge is -2.48. The second kappa shape index (κ2) is 5.23. The summed E-state index contributed by atoms with van der Waals surface area (Å²) in [4.78, 5) is 0. The molecular weight excluding hydrogens is 260 g/mol. The Morgan fingerprint density at radius 1 is 1.29 bits per heavy atom. The number of rotatable bonds is 2. The minimum absolute atomic E-state index is 0.130. The van der Waals surface area contributed by atoms with Crippen LogP contribution in [0.2, 0.25) is 0 Å². The van der Waals surface area contributed by atoms with Crippen LogP contribution in [0.4, 0.5) is 0 Å². The van der Waals surface area contributed by atoms with E-state index >= 15 is 0 Å². The van der Waals surface area contributed by atoms with Gasteiger partial charge in [0.05, 0.1) is 0 Å². The van der Waals surface area contributed by atoms with Crippen LogP contribution in [0.3, 0.4) is 0 Å². The van der Waals surface area contributed by atoms with Gasteiger partial charge in [-0.05, 0) is 62.6 Å². The zero-order chi connectivity index (χ0) is 15.2. The third-order valence-corrected chi connectivity index (χ3v) is 5.47. The zero-order valence-electron chi connectivity index (χ0n) is 13.8. The molecule has 1 saturated carbocycles. The summed E-state index contributed by atoms with van der Waals surface area (Å²) in [6, 6.07) is 4.12. The fourth-order valence-electron chi connectivity index (χ4n) is 4.45. The molecule has 0 amide bonds. The second-order valence-corrected chi connectivity index (χ2v) is 7.61. The maximum Gasteiger partial charge on any atom is 0.127 e. The van der Waals surface area contributed by atoms with Gasteiger partial charge in [-0.3, -0.25) is 0 Å². The highest BCUT2D eigenvalue weighted by Gasteiger charge is 2.46. The average Bonchev–Trinajstić information content (AvgIpc) is 2.37. The summed E-state index contributed by atoms with van der Waals surface area (Å²) < 4.78 is 6.33. The van der Waals surface area contributed by atoms with Gasteiger partial charge in [0.25, 0.3) is 0 Å². The monoisotopic (exact) mass is 288 g/mol. The third-order valence-electron chi connectivity index (χ3n) is 5.47. The van der Waals surface area contributed by atoms with Crippen LogP contribution < -0.4 is 4.74 Å². The van der Waals surface area contributed by atoms with Crippen molar-refractivity contribution in [3.05, 3.63) is 23.3 Å². The summed E-state index contributed by atoms with van der Waals surface area (Å²) in [7, 11) is 0. The van der Waals surface area contributed by atoms with Crippen LogP contribution >= 0.6 is 0 Å². The Morgan fingerprint density at radius 2 is 2.05 bits per heavy atom. The highest BCUT2D eigenvalue weighted by Crippen LogP contribution is 2.55. The SMILES string of the molecule is CCCc1cc(O)c2c(c1)OC(C)(C)C1CCC(C)CC21. The fraction of sp³-hybridized carbons (Fsp3) is 0.684. The summed E-state index contributed by atoms with van der Waals surface area (Å²) in [6.07, 6.45) is 5.73. The van der Waals surface area contributed by atoms with Gasteiger partial charge >= 0.3 is 0 Å². The first-order valence-electron chi connectivity index (χ1n) is 8.47. The van der Waals surface area contributed by atoms with E-state index < -0.39 is 0 Å². The van der Waals surface area contributed by atoms with Crippen molar-refractivity contribution in [2.45, 2.75) is 71.3 Å². The Bertz CT molecular complexity index is 533. The molecule has 2 heteroatoms. The van der Waals surface area contributed by atoms with Gasteiger partial charge in [0.2, 0.25) is 0 Å². The molecule has 0 saturated heterocycles. The van der Waals surface area contributed by atoms with E-state index in [0.717, 1.165) is 30.1 Å². The molecule has 1 heterocycles. The zero-order valence-corrected chi connectivity index (χ0v) is 13.8. The molecule has 3 atom stereocenters. The van der Waals surface area contributed by atoms with Crippen LogP contribution in [0.15, 0.2) is 12.1 Å². The smallest absolute Gasteiger partial charge is 0.127 e. The summed E-state index contributed by atoms with van der Waals surface area (Å²) in [5.74, 6) is 3.09. The summed E-state index contributed by atoms with van der Waals surface area (Å²) in [5, 5.41) is 10.6. The van der Waals surface area contributed by atoms with Gasteiger partial charge in [0.1, 0.15) is 17.1 Å². The Hall–Kier alpha value is -1.18. The summed E-state index contributed by atoms with van der Waals surface area (Å²) in [6.45, 7) is 8.93. The van der Waals surface area contributed by atoms with E-state index in [1.165, 1.54) is 24.8 Å². The highest BCUT2D eigenvalue weighted by molar-refractivity contribution is 5.52. The maximum atomic E-state index is 10.6. The standard InChI is InChI=1S/C19H28O2/c1-5-6-13-10-16(20)18-14-9-12(2)7-8-15(14)19(3,4)21-17(18)11-13/h10-12,14-15,20H,5-9H2,1-4H3. The van der Waals surface area contributed by atoms with E-state index in [1.54, 1.807) is 0 Å². The number of aromatic hydroxyl groups is 1. The number of fused-ring (bicyclic) bond motifs is 3. The normalized spacial score (nSPS) is 30.2. The fourth-order valence-corrected chi connectivity index (χ4v) is 4.45. The van der Waals surface area contributed by atoms with Crippen LogP contribution in [0.25, 0.3) is 0 Å². The molecule has 1 N–H and O–H groups in total. The van der Waals surface area contributed by atoms with Crippen molar-refractivity contribution in [3.8, 4) is 11.5 Å². The number of phenols is 1. The van der Waals surface area contributed by atoms with Crippen LogP contribution in [-0.2, 0) is 6.42 Å². The minimum atomic E-state index is -0.130. The minimum Gasteiger partial charge on any atom is -0.508 e. The van der Waals surface area contributed by atoms with Crippen LogP contribution in [0, 0.1) is 11.8 Å². The molecule has 0 bridgehead atoms. The third kappa shape index (κ3) is 2.54. The molecule has 0 radical (unpaired) electrons. The lowest BCUT2D eigenvalue weighted by molar-refractivity contribution is -0.0145. The first kappa shape index (κ1) is 14.7. The predicted octanol–water partition coefficient (Wildman–Crippen LogP) is 5.04. The van der Waals surface area contributed by atoms with Gasteiger partial charge in [-0.25, -0.2) is 0 Å². The van der Waals surface area contributed by atoms with Crippen LogP contribution in [0.5, 0.6) is 11.5 Å². The first-order chi connectivity index (χ1) is 9.92. The largest absolute Gasteiger partial charge is 0.508 e. The summed E-state index contributed by atoms with van der Waals surface area (Å²) in [5.41, 5.74) is 2.13. The van der Waals surface area contributed by atoms with Crippen molar-refractivity contribution in [2.75, 3.05) is 0 Å². The van der Waals surface area contributed by atoms with Gasteiger partial charge < -0.3 is 9.84 Å². The molecule has 1 aliphatic heterocycles. The molecule has 116 valence electrons. The molecule has 3 unspecified atom stereocenters. The number of phenolic OH excluding ortho intramolecular Hbond substituents is 1. The lowest BCUT2D eigenvalue weighted by atomic mass is 9.64. The molecule has 0 spiro atoms. The number of hydrogen-bond acceptors (Lipinski definition) is 2. The molecule has 3 rings (SSSR count). The van der Waals surface area contributed by atoms with E-state index in [9.17, 15) is 5.11 Å². The number of benzene rings is 1. The Morgan fingerprint density at radius 3 is 2.76 bits per heavy atom. The molecule has 1 aromatic rings. The molecule has 1 aliphatic carbocycles. The number of hydrogen-bond donors (Lipinski definition) is 1. The van der Waals surface area contributed by atoms with E-state index in [-0.39, 0.29) is 5.60 Å². The van der Waals surface area contributed by atoms with Crippen molar-refractivity contribution >= 4 is 0 Å². The van der Waals surface area contributed by atoms with Crippen LogP contribution in [-0.4, -0.2) is 10.7 Å². The molecule has 1 fully saturated rings. The Labute approximate surface area is 128 Å². The summed E-state index contributed by atoms with van der Waals surface area (Å²) >= 11 is 0. The second-order valence-electron chi connectivity index (χ2n) is 7.61. The van der Waals surface area contributed by atoms with Gasteiger partial charge in [-0.2, -0.15) is 0 Å². The molecule has 1 aromatic carbocycles. The van der Waals surface area contributed by atoms with Crippen molar-refractivity contribution in [1.82, 2.24) is 0 Å². The van der Waals surface area contributed by atoms with E-state index in [4.69, 9.17) is 4.74 Å². The molecular formula is C19H28O2. The molecule has 21 heavy (non-hydrogen) atoms. The van der Waals surface area contributed by atoms with Crippen molar-refractivity contribution < 1.29 is 9.84 Å². The Kier molecular flexibility index (Phi) is 3.67. The van der Waals surface area contributed by atoms with Crippen molar-refractivity contribution in [1.29, 1.82) is 0 Å². The predicted molar refractivity (Wildman–Crippen MR) is 86.1 cm³/mol. The van der Waals surface area contributed by atoms with Crippen LogP contribution in [0.1, 0.15) is 70.4 Å². The van der Waals surface area contributed by atoms with Crippen molar-refractivity contribution in [3.63, 3.8) is 0 Å². The maximum absolute atomic E-state index is 10.6. The van der Waals surface area contributed by atoms with E-state index in [0.29, 0.717) is 17.6 Å². The van der Waals surface area contributed by atoms with E-state index in [2.05, 4.69) is 33.8 Å². The molecule has 2 aliphatic rings. The number of aryl methyl sites for hydroxylation is 1. The molecule has 2 nitrogen and oxygen atoms in total. The highest BCUT2D eigenvalue weighted by atomic mass is 16.5. The Balaban J connectivity index is 2.07.